The highest BCUT2D eigenvalue weighted by molar-refractivity contribution is 7.89. The first-order valence-corrected chi connectivity index (χ1v) is 12.4. The van der Waals surface area contributed by atoms with Crippen LogP contribution in [0.5, 0.6) is 0 Å². The van der Waals surface area contributed by atoms with Crippen LogP contribution in [0, 0.1) is 5.41 Å². The molecule has 0 saturated carbocycles. The molecule has 3 aromatic rings. The number of amides is 1. The van der Waals surface area contributed by atoms with Crippen LogP contribution in [-0.2, 0) is 19.4 Å². The van der Waals surface area contributed by atoms with Gasteiger partial charge in [-0.1, -0.05) is 54.6 Å². The van der Waals surface area contributed by atoms with Crippen LogP contribution in [-0.4, -0.2) is 36.5 Å². The Labute approximate surface area is 196 Å². The quantitative estimate of drug-likeness (QED) is 0.151. The van der Waals surface area contributed by atoms with E-state index in [9.17, 15) is 27.6 Å². The number of nitrogens with one attached hydrogen (secondary N) is 3. The number of hydrogen-bond donors (Lipinski definition) is 6. The van der Waals surface area contributed by atoms with E-state index < -0.39 is 35.9 Å². The molecule has 0 heterocycles. The number of carbonyl (C=O) groups is 1. The van der Waals surface area contributed by atoms with E-state index in [2.05, 4.69) is 10.0 Å². The fourth-order valence-corrected chi connectivity index (χ4v) is 4.88. The summed E-state index contributed by atoms with van der Waals surface area (Å²) in [5.74, 6) is -2.85. The van der Waals surface area contributed by atoms with Gasteiger partial charge in [0, 0.05) is 5.56 Å². The fourth-order valence-electron chi connectivity index (χ4n) is 2.99. The minimum atomic E-state index is -4.83. The maximum Gasteiger partial charge on any atom is 0.352 e. The average molecular weight is 513 g/mol. The molecular formula is C20H22ClN4O6PS. The minimum Gasteiger partial charge on any atom is -0.384 e. The van der Waals surface area contributed by atoms with E-state index in [4.69, 9.17) is 11.1 Å². The van der Waals surface area contributed by atoms with E-state index >= 15 is 0 Å². The second-order valence-corrected chi connectivity index (χ2v) is 10.4. The summed E-state index contributed by atoms with van der Waals surface area (Å²) in [5, 5.41) is 11.1. The number of sulfonamides is 1. The minimum absolute atomic E-state index is 0. The largest absolute Gasteiger partial charge is 0.384 e. The predicted molar refractivity (Wildman–Crippen MR) is 127 cm³/mol. The van der Waals surface area contributed by atoms with Gasteiger partial charge in [-0.05, 0) is 28.5 Å². The Morgan fingerprint density at radius 1 is 1.03 bits per heavy atom. The molecule has 0 aliphatic carbocycles. The van der Waals surface area contributed by atoms with Crippen molar-refractivity contribution in [3.63, 3.8) is 0 Å². The molecule has 3 aromatic carbocycles. The Balaban J connectivity index is 0.00000385. The first kappa shape index (κ1) is 26.5. The highest BCUT2D eigenvalue weighted by Crippen LogP contribution is 2.49. The lowest BCUT2D eigenvalue weighted by molar-refractivity contribution is -0.120. The molecule has 0 aliphatic heterocycles. The number of rotatable bonds is 8. The van der Waals surface area contributed by atoms with Gasteiger partial charge in [-0.2, -0.15) is 0 Å². The van der Waals surface area contributed by atoms with Gasteiger partial charge in [0.2, 0.25) is 15.9 Å². The number of nitrogens with two attached hydrogens (primary N) is 1. The molecule has 33 heavy (non-hydrogen) atoms. The number of carbonyl (C=O) groups excluding carboxylic acids is 1. The summed E-state index contributed by atoms with van der Waals surface area (Å²) in [5.41, 5.74) is 5.78. The topological polar surface area (TPSA) is 183 Å². The zero-order valence-corrected chi connectivity index (χ0v) is 19.5. The molecule has 0 bridgehead atoms. The summed E-state index contributed by atoms with van der Waals surface area (Å²) in [6, 6.07) is 17.1. The molecule has 3 rings (SSSR count). The zero-order chi connectivity index (χ0) is 23.5. The van der Waals surface area contributed by atoms with E-state index in [1.54, 1.807) is 18.2 Å². The van der Waals surface area contributed by atoms with E-state index in [1.807, 2.05) is 12.1 Å². The number of hydrogen-bond acceptors (Lipinski definition) is 5. The van der Waals surface area contributed by atoms with Gasteiger partial charge in [0.25, 0.3) is 0 Å². The first-order valence-electron chi connectivity index (χ1n) is 9.25. The molecule has 1 amide bonds. The summed E-state index contributed by atoms with van der Waals surface area (Å²) in [6.45, 7) is -0.725. The molecule has 1 atom stereocenters. The van der Waals surface area contributed by atoms with Crippen molar-refractivity contribution in [1.82, 2.24) is 10.0 Å². The van der Waals surface area contributed by atoms with Crippen LogP contribution in [0.3, 0.4) is 0 Å². The van der Waals surface area contributed by atoms with Crippen molar-refractivity contribution in [2.75, 3.05) is 6.54 Å². The third-order valence-corrected chi connectivity index (χ3v) is 7.12. The van der Waals surface area contributed by atoms with Crippen molar-refractivity contribution < 1.29 is 27.6 Å². The average Bonchev–Trinajstić information content (AvgIpc) is 2.75. The number of nitrogen functional groups attached to an aromatic ring is 1. The fraction of sp³-hybridized carbons (Fsp3) is 0.100. The van der Waals surface area contributed by atoms with Crippen LogP contribution < -0.4 is 15.8 Å². The molecule has 10 nitrogen and oxygen atoms in total. The SMILES string of the molecule is Cl.N=C(N)c1ccc(C(NC(=O)CNS(=O)(=O)c2ccc3ccccc3c2)P(=O)(O)O)cc1. The summed E-state index contributed by atoms with van der Waals surface area (Å²) >= 11 is 0. The Morgan fingerprint density at radius 2 is 1.64 bits per heavy atom. The normalized spacial score (nSPS) is 12.5. The maximum atomic E-state index is 12.6. The van der Waals surface area contributed by atoms with Crippen molar-refractivity contribution >= 4 is 52.5 Å². The van der Waals surface area contributed by atoms with Crippen molar-refractivity contribution in [3.05, 3.63) is 77.9 Å². The molecule has 0 aromatic heterocycles. The Hall–Kier alpha value is -2.79. The molecular weight excluding hydrogens is 491 g/mol. The molecule has 0 saturated heterocycles. The van der Waals surface area contributed by atoms with E-state index in [-0.39, 0.29) is 28.7 Å². The zero-order valence-electron chi connectivity index (χ0n) is 17.0. The van der Waals surface area contributed by atoms with Gasteiger partial charge in [-0.15, -0.1) is 12.4 Å². The van der Waals surface area contributed by atoms with Gasteiger partial charge in [-0.25, -0.2) is 13.1 Å². The van der Waals surface area contributed by atoms with Crippen molar-refractivity contribution in [2.45, 2.75) is 10.7 Å². The van der Waals surface area contributed by atoms with Gasteiger partial charge in [0.1, 0.15) is 5.84 Å². The Morgan fingerprint density at radius 3 is 2.21 bits per heavy atom. The summed E-state index contributed by atoms with van der Waals surface area (Å²) < 4.78 is 39.2. The van der Waals surface area contributed by atoms with Crippen LogP contribution in [0.25, 0.3) is 10.8 Å². The first-order chi connectivity index (χ1) is 15.0. The Kier molecular flexibility index (Phi) is 8.36. The third kappa shape index (κ3) is 6.61. The predicted octanol–water partition coefficient (Wildman–Crippen LogP) is 1.82. The number of amidine groups is 1. The second-order valence-electron chi connectivity index (χ2n) is 6.93. The van der Waals surface area contributed by atoms with Crippen molar-refractivity contribution in [3.8, 4) is 0 Å². The molecule has 0 aliphatic rings. The summed E-state index contributed by atoms with van der Waals surface area (Å²) in [6.07, 6.45) is 0. The molecule has 176 valence electrons. The van der Waals surface area contributed by atoms with E-state index in [0.717, 1.165) is 5.39 Å². The molecule has 0 radical (unpaired) electrons. The lowest BCUT2D eigenvalue weighted by Gasteiger charge is -2.20. The number of halogens is 1. The van der Waals surface area contributed by atoms with Gasteiger partial charge < -0.3 is 20.8 Å². The van der Waals surface area contributed by atoms with Crippen molar-refractivity contribution in [2.24, 2.45) is 5.73 Å². The van der Waals surface area contributed by atoms with Crippen molar-refractivity contribution in [1.29, 1.82) is 5.41 Å². The van der Waals surface area contributed by atoms with Gasteiger partial charge in [-0.3, -0.25) is 14.8 Å². The number of fused-ring (bicyclic) bond motifs is 1. The highest BCUT2D eigenvalue weighted by atomic mass is 35.5. The lowest BCUT2D eigenvalue weighted by atomic mass is 10.1. The van der Waals surface area contributed by atoms with Crippen LogP contribution in [0.15, 0.2) is 71.6 Å². The summed E-state index contributed by atoms with van der Waals surface area (Å²) in [4.78, 5) is 31.6. The molecule has 1 unspecified atom stereocenters. The smallest absolute Gasteiger partial charge is 0.352 e. The standard InChI is InChI=1S/C20H21N4O6PS.ClH/c21-19(22)14-5-7-15(8-6-14)20(31(26,27)28)24-18(25)12-23-32(29,30)17-10-9-13-3-1-2-4-16(13)11-17;/h1-11,20,23H,12H2,(H3,21,22)(H,24,25)(H2,26,27,28);1H. The van der Waals surface area contributed by atoms with Gasteiger partial charge in [0.15, 0.2) is 5.78 Å². The monoisotopic (exact) mass is 512 g/mol. The molecule has 0 spiro atoms. The van der Waals surface area contributed by atoms with Crippen LogP contribution in [0.2, 0.25) is 0 Å². The summed E-state index contributed by atoms with van der Waals surface area (Å²) in [7, 11) is -8.87. The maximum absolute atomic E-state index is 12.6. The van der Waals surface area contributed by atoms with Crippen LogP contribution in [0.4, 0.5) is 0 Å². The van der Waals surface area contributed by atoms with E-state index in [0.29, 0.717) is 10.9 Å². The molecule has 0 fully saturated rings. The van der Waals surface area contributed by atoms with Gasteiger partial charge >= 0.3 is 7.60 Å². The molecule has 13 heteroatoms. The third-order valence-electron chi connectivity index (χ3n) is 4.63. The second kappa shape index (κ2) is 10.4. The highest BCUT2D eigenvalue weighted by Gasteiger charge is 2.32. The number of benzene rings is 3. The lowest BCUT2D eigenvalue weighted by Crippen LogP contribution is -2.38. The van der Waals surface area contributed by atoms with Crippen LogP contribution in [0.1, 0.15) is 16.9 Å². The Bertz CT molecular complexity index is 1330. The van der Waals surface area contributed by atoms with Gasteiger partial charge in [0.05, 0.1) is 11.4 Å². The van der Waals surface area contributed by atoms with Crippen LogP contribution >= 0.6 is 20.0 Å². The molecule has 7 N–H and O–H groups in total. The van der Waals surface area contributed by atoms with E-state index in [1.165, 1.54) is 36.4 Å².